The fourth-order valence-corrected chi connectivity index (χ4v) is 0.457. The Kier molecular flexibility index (Phi) is 4.52. The quantitative estimate of drug-likeness (QED) is 0.506. The summed E-state index contributed by atoms with van der Waals surface area (Å²) < 4.78 is 8.72. The minimum absolute atomic E-state index is 0.603. The van der Waals surface area contributed by atoms with Crippen molar-refractivity contribution in [1.29, 1.82) is 0 Å². The van der Waals surface area contributed by atoms with Gasteiger partial charge < -0.3 is 14.6 Å². The van der Waals surface area contributed by atoms with Crippen molar-refractivity contribution < 1.29 is 24.2 Å². The Balaban J connectivity index is 3.81. The van der Waals surface area contributed by atoms with Crippen LogP contribution in [0.4, 0.5) is 4.79 Å². The van der Waals surface area contributed by atoms with Gasteiger partial charge in [0.15, 0.2) is 0 Å². The summed E-state index contributed by atoms with van der Waals surface area (Å²) in [5.74, 6) is -1.09. The largest absolute Gasteiger partial charge is 0.508 e. The molecule has 5 nitrogen and oxygen atoms in total. The third kappa shape index (κ3) is 5.28. The Hall–Kier alpha value is -1.52. The molecule has 68 valence electrons. The van der Waals surface area contributed by atoms with Gasteiger partial charge in [-0.2, -0.15) is 0 Å². The molecule has 0 aromatic rings. The second-order valence-electron chi connectivity index (χ2n) is 1.97. The molecule has 0 saturated carbocycles. The molecule has 5 heteroatoms. The molecule has 0 unspecified atom stereocenters. The third-order valence-electron chi connectivity index (χ3n) is 0.959. The lowest BCUT2D eigenvalue weighted by atomic mass is 10.3. The summed E-state index contributed by atoms with van der Waals surface area (Å²) in [4.78, 5) is 20.4. The second-order valence-corrected chi connectivity index (χ2v) is 1.97. The zero-order chi connectivity index (χ0) is 9.56. The number of carbonyl (C=O) groups is 2. The standard InChI is InChI=1S/C7H10O5/c1-5(3-4-6(8)9)12-7(10)11-2/h3-5H,1-2H3,(H,8,9)/t5-/m0/s1. The molecular weight excluding hydrogens is 164 g/mol. The van der Waals surface area contributed by atoms with Gasteiger partial charge in [0.25, 0.3) is 0 Å². The first-order chi connectivity index (χ1) is 5.56. The van der Waals surface area contributed by atoms with Crippen LogP contribution in [0, 0.1) is 0 Å². The lowest BCUT2D eigenvalue weighted by Crippen LogP contribution is -2.12. The third-order valence-corrected chi connectivity index (χ3v) is 0.959. The normalized spacial score (nSPS) is 12.5. The predicted octanol–water partition coefficient (Wildman–Crippen LogP) is 0.799. The van der Waals surface area contributed by atoms with Crippen LogP contribution in [-0.2, 0) is 14.3 Å². The van der Waals surface area contributed by atoms with Crippen molar-refractivity contribution in [3.63, 3.8) is 0 Å². The van der Waals surface area contributed by atoms with E-state index in [-0.39, 0.29) is 0 Å². The van der Waals surface area contributed by atoms with E-state index in [1.165, 1.54) is 20.1 Å². The van der Waals surface area contributed by atoms with Crippen molar-refractivity contribution in [2.75, 3.05) is 7.11 Å². The monoisotopic (exact) mass is 174 g/mol. The lowest BCUT2D eigenvalue weighted by Gasteiger charge is -2.05. The highest BCUT2D eigenvalue weighted by molar-refractivity contribution is 5.79. The molecule has 0 heterocycles. The van der Waals surface area contributed by atoms with Gasteiger partial charge in [-0.15, -0.1) is 0 Å². The Morgan fingerprint density at radius 1 is 1.50 bits per heavy atom. The van der Waals surface area contributed by atoms with Gasteiger partial charge in [-0.1, -0.05) is 0 Å². The topological polar surface area (TPSA) is 72.8 Å². The van der Waals surface area contributed by atoms with E-state index < -0.39 is 18.2 Å². The molecule has 0 aromatic heterocycles. The summed E-state index contributed by atoms with van der Waals surface area (Å²) in [6, 6.07) is 0. The number of methoxy groups -OCH3 is 1. The molecule has 0 aliphatic heterocycles. The number of carboxylic acid groups (broad SMARTS) is 1. The first-order valence-corrected chi connectivity index (χ1v) is 3.22. The van der Waals surface area contributed by atoms with Crippen LogP contribution in [0.1, 0.15) is 6.92 Å². The number of aliphatic carboxylic acids is 1. The van der Waals surface area contributed by atoms with E-state index in [0.717, 1.165) is 6.08 Å². The molecule has 0 rings (SSSR count). The number of carbonyl (C=O) groups excluding carboxylic acids is 1. The molecule has 12 heavy (non-hydrogen) atoms. The summed E-state index contributed by atoms with van der Waals surface area (Å²) >= 11 is 0. The summed E-state index contributed by atoms with van der Waals surface area (Å²) in [7, 11) is 1.18. The van der Waals surface area contributed by atoms with Gasteiger partial charge in [0.1, 0.15) is 6.10 Å². The van der Waals surface area contributed by atoms with Crippen molar-refractivity contribution in [2.45, 2.75) is 13.0 Å². The predicted molar refractivity (Wildman–Crippen MR) is 39.7 cm³/mol. The lowest BCUT2D eigenvalue weighted by molar-refractivity contribution is -0.131. The molecular formula is C7H10O5. The maximum Gasteiger partial charge on any atom is 0.508 e. The minimum Gasteiger partial charge on any atom is -0.478 e. The number of hydrogen-bond acceptors (Lipinski definition) is 4. The fourth-order valence-electron chi connectivity index (χ4n) is 0.457. The van der Waals surface area contributed by atoms with Crippen LogP contribution in [0.2, 0.25) is 0 Å². The number of hydrogen-bond donors (Lipinski definition) is 1. The molecule has 0 saturated heterocycles. The molecule has 0 radical (unpaired) electrons. The highest BCUT2D eigenvalue weighted by Gasteiger charge is 2.05. The van der Waals surface area contributed by atoms with Gasteiger partial charge in [0, 0.05) is 6.08 Å². The van der Waals surface area contributed by atoms with E-state index in [0.29, 0.717) is 0 Å². The van der Waals surface area contributed by atoms with Gasteiger partial charge in [0.2, 0.25) is 0 Å². The fraction of sp³-hybridized carbons (Fsp3) is 0.429. The van der Waals surface area contributed by atoms with Gasteiger partial charge in [-0.05, 0) is 13.0 Å². The maximum atomic E-state index is 10.4. The van der Waals surface area contributed by atoms with Crippen LogP contribution >= 0.6 is 0 Å². The van der Waals surface area contributed by atoms with E-state index in [1.54, 1.807) is 0 Å². The van der Waals surface area contributed by atoms with Crippen LogP contribution < -0.4 is 0 Å². The molecule has 0 aliphatic carbocycles. The average Bonchev–Trinajstić information content (AvgIpc) is 2.00. The van der Waals surface area contributed by atoms with Gasteiger partial charge >= 0.3 is 12.1 Å². The smallest absolute Gasteiger partial charge is 0.478 e. The van der Waals surface area contributed by atoms with E-state index >= 15 is 0 Å². The maximum absolute atomic E-state index is 10.4. The Bertz CT molecular complexity index is 196. The molecule has 0 spiro atoms. The van der Waals surface area contributed by atoms with Gasteiger partial charge in [-0.25, -0.2) is 9.59 Å². The highest BCUT2D eigenvalue weighted by atomic mass is 16.7. The first-order valence-electron chi connectivity index (χ1n) is 3.22. The molecule has 0 aromatic carbocycles. The summed E-state index contributed by atoms with van der Waals surface area (Å²) in [6.07, 6.45) is 0.693. The van der Waals surface area contributed by atoms with E-state index in [9.17, 15) is 9.59 Å². The average molecular weight is 174 g/mol. The summed E-state index contributed by atoms with van der Waals surface area (Å²) in [6.45, 7) is 1.52. The number of rotatable bonds is 3. The summed E-state index contributed by atoms with van der Waals surface area (Å²) in [5, 5.41) is 8.20. The van der Waals surface area contributed by atoms with Crippen molar-refractivity contribution in [2.24, 2.45) is 0 Å². The van der Waals surface area contributed by atoms with Crippen molar-refractivity contribution >= 4 is 12.1 Å². The first kappa shape index (κ1) is 10.5. The molecule has 0 fully saturated rings. The zero-order valence-electron chi connectivity index (χ0n) is 6.81. The zero-order valence-corrected chi connectivity index (χ0v) is 6.81. The van der Waals surface area contributed by atoms with Crippen LogP contribution in [0.5, 0.6) is 0 Å². The van der Waals surface area contributed by atoms with E-state index in [1.807, 2.05) is 0 Å². The Morgan fingerprint density at radius 3 is 2.50 bits per heavy atom. The van der Waals surface area contributed by atoms with Crippen LogP contribution in [0.3, 0.4) is 0 Å². The van der Waals surface area contributed by atoms with E-state index in [2.05, 4.69) is 9.47 Å². The molecule has 1 atom stereocenters. The van der Waals surface area contributed by atoms with Gasteiger partial charge in [0.05, 0.1) is 7.11 Å². The SMILES string of the molecule is COC(=O)O[C@@H](C)C=CC(=O)O. The Morgan fingerprint density at radius 2 is 2.08 bits per heavy atom. The van der Waals surface area contributed by atoms with E-state index in [4.69, 9.17) is 5.11 Å². The van der Waals surface area contributed by atoms with Crippen molar-refractivity contribution in [3.8, 4) is 0 Å². The molecule has 0 aliphatic rings. The van der Waals surface area contributed by atoms with Crippen LogP contribution in [-0.4, -0.2) is 30.4 Å². The minimum atomic E-state index is -1.09. The molecule has 0 amide bonds. The summed E-state index contributed by atoms with van der Waals surface area (Å²) in [5.41, 5.74) is 0. The van der Waals surface area contributed by atoms with Gasteiger partial charge in [-0.3, -0.25) is 0 Å². The number of ether oxygens (including phenoxy) is 2. The van der Waals surface area contributed by atoms with Crippen LogP contribution in [0.25, 0.3) is 0 Å². The number of carboxylic acids is 1. The van der Waals surface area contributed by atoms with Crippen molar-refractivity contribution in [3.05, 3.63) is 12.2 Å². The highest BCUT2D eigenvalue weighted by Crippen LogP contribution is 1.94. The molecule has 0 bridgehead atoms. The van der Waals surface area contributed by atoms with Crippen LogP contribution in [0.15, 0.2) is 12.2 Å². The Labute approximate surface area is 69.6 Å². The molecule has 1 N–H and O–H groups in total. The van der Waals surface area contributed by atoms with Crippen molar-refractivity contribution in [1.82, 2.24) is 0 Å². The second kappa shape index (κ2) is 5.17.